The van der Waals surface area contributed by atoms with Gasteiger partial charge >= 0.3 is 0 Å². The first-order valence-electron chi connectivity index (χ1n) is 16.1. The average molecular weight is 636 g/mol. The number of rotatable bonds is 3. The molecule has 0 aliphatic carbocycles. The van der Waals surface area contributed by atoms with Gasteiger partial charge in [0, 0.05) is 47.8 Å². The molecule has 3 nitrogen and oxygen atoms in total. The predicted molar refractivity (Wildman–Crippen MR) is 202 cm³/mol. The maximum absolute atomic E-state index is 5.41. The Morgan fingerprint density at radius 1 is 0.574 bits per heavy atom. The lowest BCUT2D eigenvalue weighted by atomic mass is 10.1. The minimum Gasteiger partial charge on any atom is -0.309 e. The summed E-state index contributed by atoms with van der Waals surface area (Å²) in [6.45, 7) is 4.87. The average Bonchev–Trinajstić information content (AvgIpc) is 3.74. The number of para-hydroxylation sites is 1. The largest absolute Gasteiger partial charge is 0.309 e. The van der Waals surface area contributed by atoms with Crippen molar-refractivity contribution in [2.45, 2.75) is 13.1 Å². The topological polar surface area (TPSA) is 30.7 Å². The first kappa shape index (κ1) is 26.8. The van der Waals surface area contributed by atoms with Gasteiger partial charge in [-0.1, -0.05) is 122 Å². The highest BCUT2D eigenvalue weighted by Gasteiger charge is 2.41. The Balaban J connectivity index is 1.26. The molecule has 0 fully saturated rings. The van der Waals surface area contributed by atoms with Crippen molar-refractivity contribution >= 4 is 71.8 Å². The standard InChI is InChI=1S/C42H29N3SSi/c1-47(2)36-22-11-8-19-32(36)39-41(47)38(26-13-4-3-5-14-26)43-42(44-39)27-15-12-16-28(25-27)45-33-20-9-6-17-29(33)30-23-24-35-37(40(30)45)31-18-7-10-21-34(31)46-35/h3-25H,1-2H3. The lowest BCUT2D eigenvalue weighted by Gasteiger charge is -2.21. The van der Waals surface area contributed by atoms with E-state index in [4.69, 9.17) is 9.97 Å². The Morgan fingerprint density at radius 2 is 1.30 bits per heavy atom. The Hall–Kier alpha value is -5.36. The van der Waals surface area contributed by atoms with E-state index in [1.165, 1.54) is 57.9 Å². The Morgan fingerprint density at radius 3 is 2.19 bits per heavy atom. The lowest BCUT2D eigenvalue weighted by Crippen LogP contribution is -2.50. The molecule has 10 rings (SSSR count). The molecule has 47 heavy (non-hydrogen) atoms. The summed E-state index contributed by atoms with van der Waals surface area (Å²) in [7, 11) is -2.02. The highest BCUT2D eigenvalue weighted by Crippen LogP contribution is 2.43. The summed E-state index contributed by atoms with van der Waals surface area (Å²) in [5, 5.41) is 7.91. The quantitative estimate of drug-likeness (QED) is 0.181. The third-order valence-electron chi connectivity index (χ3n) is 9.97. The minimum absolute atomic E-state index is 0.762. The van der Waals surface area contributed by atoms with Crippen LogP contribution in [0.1, 0.15) is 0 Å². The maximum atomic E-state index is 5.41. The van der Waals surface area contributed by atoms with Crippen molar-refractivity contribution in [1.82, 2.24) is 14.5 Å². The summed E-state index contributed by atoms with van der Waals surface area (Å²) in [6.07, 6.45) is 0. The molecule has 0 bridgehead atoms. The summed E-state index contributed by atoms with van der Waals surface area (Å²) in [5.41, 5.74) is 9.12. The second-order valence-electron chi connectivity index (χ2n) is 13.0. The van der Waals surface area contributed by atoms with E-state index in [-0.39, 0.29) is 0 Å². The number of hydrogen-bond donors (Lipinski definition) is 0. The molecule has 5 heteroatoms. The molecular weight excluding hydrogens is 607 g/mol. The molecule has 1 aliphatic heterocycles. The smallest absolute Gasteiger partial charge is 0.160 e. The molecule has 6 aromatic carbocycles. The van der Waals surface area contributed by atoms with Crippen LogP contribution < -0.4 is 10.4 Å². The van der Waals surface area contributed by atoms with Gasteiger partial charge in [-0.3, -0.25) is 0 Å². The van der Waals surface area contributed by atoms with E-state index in [9.17, 15) is 0 Å². The van der Waals surface area contributed by atoms with E-state index in [0.29, 0.717) is 0 Å². The SMILES string of the molecule is C[Si]1(C)c2ccccc2-c2nc(-c3cccc(-n4c5ccccc5c5ccc6sc7ccccc7c6c54)c3)nc(-c3ccccc3)c21. The van der Waals surface area contributed by atoms with Gasteiger partial charge in [0.1, 0.15) is 8.07 Å². The molecule has 4 heterocycles. The number of fused-ring (bicyclic) bond motifs is 10. The van der Waals surface area contributed by atoms with Crippen LogP contribution in [0.4, 0.5) is 0 Å². The van der Waals surface area contributed by atoms with E-state index < -0.39 is 8.07 Å². The molecule has 0 spiro atoms. The van der Waals surface area contributed by atoms with Crippen molar-refractivity contribution in [3.63, 3.8) is 0 Å². The fourth-order valence-electron chi connectivity index (χ4n) is 7.87. The molecule has 0 unspecified atom stereocenters. The molecule has 222 valence electrons. The van der Waals surface area contributed by atoms with Crippen LogP contribution in [-0.4, -0.2) is 22.6 Å². The fourth-order valence-corrected chi connectivity index (χ4v) is 12.2. The highest BCUT2D eigenvalue weighted by atomic mass is 32.1. The van der Waals surface area contributed by atoms with Crippen molar-refractivity contribution in [3.05, 3.63) is 140 Å². The summed E-state index contributed by atoms with van der Waals surface area (Å²) in [4.78, 5) is 10.8. The molecular formula is C42H29N3SSi. The van der Waals surface area contributed by atoms with Crippen LogP contribution in [0.2, 0.25) is 13.1 Å². The maximum Gasteiger partial charge on any atom is 0.160 e. The monoisotopic (exact) mass is 635 g/mol. The van der Waals surface area contributed by atoms with Crippen LogP contribution >= 0.6 is 11.3 Å². The lowest BCUT2D eigenvalue weighted by molar-refractivity contribution is 1.17. The third kappa shape index (κ3) is 3.78. The summed E-state index contributed by atoms with van der Waals surface area (Å²) in [5.74, 6) is 0.762. The van der Waals surface area contributed by atoms with E-state index >= 15 is 0 Å². The van der Waals surface area contributed by atoms with Crippen molar-refractivity contribution < 1.29 is 0 Å². The number of aromatic nitrogens is 3. The third-order valence-corrected chi connectivity index (χ3v) is 14.6. The second kappa shape index (κ2) is 9.82. The summed E-state index contributed by atoms with van der Waals surface area (Å²) >= 11 is 1.87. The molecule has 1 aliphatic rings. The first-order valence-corrected chi connectivity index (χ1v) is 19.9. The Labute approximate surface area is 277 Å². The van der Waals surface area contributed by atoms with Gasteiger partial charge in [-0.15, -0.1) is 11.3 Å². The van der Waals surface area contributed by atoms with E-state index in [2.05, 4.69) is 157 Å². The number of benzene rings is 6. The normalized spacial score (nSPS) is 13.5. The summed E-state index contributed by atoms with van der Waals surface area (Å²) < 4.78 is 5.07. The Bertz CT molecular complexity index is 2720. The van der Waals surface area contributed by atoms with Gasteiger partial charge < -0.3 is 4.57 Å². The van der Waals surface area contributed by atoms with Gasteiger partial charge in [0.2, 0.25) is 0 Å². The zero-order valence-electron chi connectivity index (χ0n) is 26.0. The molecule has 0 amide bonds. The van der Waals surface area contributed by atoms with Crippen molar-refractivity contribution in [3.8, 4) is 39.6 Å². The molecule has 9 aromatic rings. The van der Waals surface area contributed by atoms with Gasteiger partial charge in [0.15, 0.2) is 5.82 Å². The predicted octanol–water partition coefficient (Wildman–Crippen LogP) is 10.1. The van der Waals surface area contributed by atoms with Crippen molar-refractivity contribution in [2.75, 3.05) is 0 Å². The van der Waals surface area contributed by atoms with E-state index in [1.54, 1.807) is 0 Å². The number of hydrogen-bond acceptors (Lipinski definition) is 3. The van der Waals surface area contributed by atoms with Crippen LogP contribution in [0.25, 0.3) is 81.6 Å². The zero-order valence-corrected chi connectivity index (χ0v) is 27.8. The molecule has 0 atom stereocenters. The zero-order chi connectivity index (χ0) is 31.3. The minimum atomic E-state index is -2.02. The summed E-state index contributed by atoms with van der Waals surface area (Å²) in [6, 6.07) is 50.5. The molecule has 3 aromatic heterocycles. The highest BCUT2D eigenvalue weighted by molar-refractivity contribution is 7.26. The molecule has 0 radical (unpaired) electrons. The van der Waals surface area contributed by atoms with Crippen LogP contribution in [0, 0.1) is 0 Å². The van der Waals surface area contributed by atoms with E-state index in [0.717, 1.165) is 34.0 Å². The molecule has 0 saturated heterocycles. The van der Waals surface area contributed by atoms with Gasteiger partial charge in [-0.2, -0.15) is 0 Å². The number of nitrogens with zero attached hydrogens (tertiary/aromatic N) is 3. The van der Waals surface area contributed by atoms with Crippen molar-refractivity contribution in [2.24, 2.45) is 0 Å². The van der Waals surface area contributed by atoms with Gasteiger partial charge in [-0.05, 0) is 46.3 Å². The first-order chi connectivity index (χ1) is 23.1. The van der Waals surface area contributed by atoms with Gasteiger partial charge in [0.25, 0.3) is 0 Å². The van der Waals surface area contributed by atoms with E-state index in [1.807, 2.05) is 11.3 Å². The molecule has 0 N–H and O–H groups in total. The van der Waals surface area contributed by atoms with Crippen LogP contribution in [0.5, 0.6) is 0 Å². The van der Waals surface area contributed by atoms with Gasteiger partial charge in [0.05, 0.1) is 22.4 Å². The van der Waals surface area contributed by atoms with Gasteiger partial charge in [-0.25, -0.2) is 9.97 Å². The van der Waals surface area contributed by atoms with Crippen LogP contribution in [0.15, 0.2) is 140 Å². The number of thiophene rings is 1. The molecule has 0 saturated carbocycles. The Kier molecular flexibility index (Phi) is 5.60. The van der Waals surface area contributed by atoms with Crippen LogP contribution in [-0.2, 0) is 0 Å². The van der Waals surface area contributed by atoms with Crippen molar-refractivity contribution in [1.29, 1.82) is 0 Å². The second-order valence-corrected chi connectivity index (χ2v) is 18.4. The van der Waals surface area contributed by atoms with Crippen LogP contribution in [0.3, 0.4) is 0 Å². The fraction of sp³-hybridized carbons (Fsp3) is 0.0476.